The Bertz CT molecular complexity index is 1070. The first kappa shape index (κ1) is 26.0. The summed E-state index contributed by atoms with van der Waals surface area (Å²) in [7, 11) is 0. The predicted molar refractivity (Wildman–Crippen MR) is 134 cm³/mol. The number of halogens is 2. The number of urea groups is 1. The van der Waals surface area contributed by atoms with E-state index in [1.165, 1.54) is 19.1 Å². The summed E-state index contributed by atoms with van der Waals surface area (Å²) >= 11 is 0. The summed E-state index contributed by atoms with van der Waals surface area (Å²) in [4.78, 5) is 25.8. The van der Waals surface area contributed by atoms with Gasteiger partial charge in [0.25, 0.3) is 0 Å². The van der Waals surface area contributed by atoms with E-state index in [0.717, 1.165) is 49.4 Å². The predicted octanol–water partition coefficient (Wildman–Crippen LogP) is 3.35. The Hall–Kier alpha value is -3.04. The minimum absolute atomic E-state index is 0.0870. The molecule has 2 aliphatic rings. The molecule has 1 heterocycles. The second-order valence-electron chi connectivity index (χ2n) is 9.81. The molecule has 2 aromatic carbocycles. The normalized spacial score (nSPS) is 19.0. The lowest BCUT2D eigenvalue weighted by molar-refractivity contribution is -0.120. The molecule has 36 heavy (non-hydrogen) atoms. The van der Waals surface area contributed by atoms with Crippen LogP contribution in [0.1, 0.15) is 50.2 Å². The first-order valence-corrected chi connectivity index (χ1v) is 12.6. The van der Waals surface area contributed by atoms with Gasteiger partial charge < -0.3 is 21.1 Å². The van der Waals surface area contributed by atoms with Gasteiger partial charge in [0.15, 0.2) is 0 Å². The average Bonchev–Trinajstić information content (AvgIpc) is 3.28. The van der Waals surface area contributed by atoms with Gasteiger partial charge in [0.05, 0.1) is 12.1 Å². The van der Waals surface area contributed by atoms with Crippen molar-refractivity contribution in [3.63, 3.8) is 0 Å². The topological polar surface area (TPSA) is 93.7 Å². The second kappa shape index (κ2) is 11.3. The van der Waals surface area contributed by atoms with Crippen LogP contribution in [0.2, 0.25) is 0 Å². The molecule has 1 saturated heterocycles. The van der Waals surface area contributed by atoms with E-state index in [1.54, 1.807) is 4.90 Å². The largest absolute Gasteiger partial charge is 0.390 e. The third-order valence-electron chi connectivity index (χ3n) is 7.15. The Balaban J connectivity index is 1.52. The van der Waals surface area contributed by atoms with Crippen LogP contribution in [0.5, 0.6) is 0 Å². The molecule has 4 rings (SSSR count). The molecule has 0 spiro atoms. The molecule has 0 aromatic heterocycles. The van der Waals surface area contributed by atoms with E-state index in [9.17, 15) is 23.5 Å². The zero-order chi connectivity index (χ0) is 25.7. The van der Waals surface area contributed by atoms with E-state index in [4.69, 9.17) is 0 Å². The highest BCUT2D eigenvalue weighted by molar-refractivity contribution is 5.94. The molecule has 1 saturated carbocycles. The average molecular weight is 501 g/mol. The van der Waals surface area contributed by atoms with Gasteiger partial charge in [-0.25, -0.2) is 13.6 Å². The molecule has 0 radical (unpaired) electrons. The number of carbonyl (C=O) groups excluding carboxylic acids is 2. The van der Waals surface area contributed by atoms with Crippen LogP contribution in [0, 0.1) is 11.6 Å². The summed E-state index contributed by atoms with van der Waals surface area (Å²) in [5.74, 6) is -1.74. The lowest BCUT2D eigenvalue weighted by atomic mass is 9.76. The number of carbonyl (C=O) groups is 2. The number of hydrogen-bond acceptors (Lipinski definition) is 4. The number of aliphatic hydroxyl groups excluding tert-OH is 1. The van der Waals surface area contributed by atoms with Crippen molar-refractivity contribution in [2.24, 2.45) is 0 Å². The molecular weight excluding hydrogens is 466 g/mol. The van der Waals surface area contributed by atoms with E-state index in [2.05, 4.69) is 16.0 Å². The fourth-order valence-corrected chi connectivity index (χ4v) is 5.38. The monoisotopic (exact) mass is 500 g/mol. The summed E-state index contributed by atoms with van der Waals surface area (Å²) in [6.45, 7) is 2.75. The van der Waals surface area contributed by atoms with Crippen molar-refractivity contribution in [2.45, 2.75) is 63.1 Å². The highest BCUT2D eigenvalue weighted by Crippen LogP contribution is 2.38. The lowest BCUT2D eigenvalue weighted by Gasteiger charge is -2.40. The number of nitrogens with zero attached hydrogens (tertiary/aromatic N) is 1. The third kappa shape index (κ3) is 6.20. The van der Waals surface area contributed by atoms with Gasteiger partial charge in [-0.2, -0.15) is 0 Å². The lowest BCUT2D eigenvalue weighted by Crippen LogP contribution is -2.53. The van der Waals surface area contributed by atoms with Crippen LogP contribution in [0.4, 0.5) is 19.3 Å². The van der Waals surface area contributed by atoms with Crippen LogP contribution in [0.3, 0.4) is 0 Å². The van der Waals surface area contributed by atoms with Crippen LogP contribution in [-0.4, -0.2) is 48.8 Å². The van der Waals surface area contributed by atoms with Gasteiger partial charge in [-0.15, -0.1) is 0 Å². The number of benzene rings is 2. The standard InChI is InChI=1S/C27H34F2N4O3/c1-18(34)32-24(14-19-12-21(28)16-22(29)13-19)25(35)17-31-27(8-3-2-4-9-27)20-6-5-7-23(15-20)33-11-10-30-26(33)36/h5-7,12-13,15-16,24-25,31,35H,2-4,8-11,14,17H2,1H3,(H,30,36)(H,32,34)/t24-,25+/m0/s1. The highest BCUT2D eigenvalue weighted by Gasteiger charge is 2.35. The molecular formula is C27H34F2N4O3. The van der Waals surface area contributed by atoms with Crippen LogP contribution in [0.15, 0.2) is 42.5 Å². The van der Waals surface area contributed by atoms with Gasteiger partial charge in [0.1, 0.15) is 11.6 Å². The summed E-state index contributed by atoms with van der Waals surface area (Å²) in [5.41, 5.74) is 1.85. The van der Waals surface area contributed by atoms with Gasteiger partial charge in [0.2, 0.25) is 5.91 Å². The van der Waals surface area contributed by atoms with Crippen molar-refractivity contribution in [1.82, 2.24) is 16.0 Å². The minimum atomic E-state index is -0.994. The molecule has 4 N–H and O–H groups in total. The number of aliphatic hydroxyl groups is 1. The zero-order valence-electron chi connectivity index (χ0n) is 20.5. The van der Waals surface area contributed by atoms with Crippen molar-refractivity contribution in [3.05, 3.63) is 65.2 Å². The number of anilines is 1. The van der Waals surface area contributed by atoms with E-state index in [0.29, 0.717) is 18.7 Å². The van der Waals surface area contributed by atoms with Crippen LogP contribution in [-0.2, 0) is 16.8 Å². The van der Waals surface area contributed by atoms with E-state index in [1.807, 2.05) is 24.3 Å². The minimum Gasteiger partial charge on any atom is -0.390 e. The van der Waals surface area contributed by atoms with E-state index < -0.39 is 29.3 Å². The van der Waals surface area contributed by atoms with Crippen LogP contribution < -0.4 is 20.9 Å². The van der Waals surface area contributed by atoms with Gasteiger partial charge >= 0.3 is 6.03 Å². The maximum Gasteiger partial charge on any atom is 0.321 e. The molecule has 194 valence electrons. The Morgan fingerprint density at radius 2 is 1.86 bits per heavy atom. The first-order chi connectivity index (χ1) is 17.3. The summed E-state index contributed by atoms with van der Waals surface area (Å²) in [6.07, 6.45) is 4.00. The number of amides is 3. The van der Waals surface area contributed by atoms with Crippen LogP contribution in [0.25, 0.3) is 0 Å². The van der Waals surface area contributed by atoms with Gasteiger partial charge in [-0.05, 0) is 54.7 Å². The summed E-state index contributed by atoms with van der Waals surface area (Å²) in [5, 5.41) is 20.2. The molecule has 1 aliphatic heterocycles. The quantitative estimate of drug-likeness (QED) is 0.425. The summed E-state index contributed by atoms with van der Waals surface area (Å²) < 4.78 is 27.4. The third-order valence-corrected chi connectivity index (χ3v) is 7.15. The van der Waals surface area contributed by atoms with Gasteiger partial charge in [-0.1, -0.05) is 31.4 Å². The SMILES string of the molecule is CC(=O)N[C@@H](Cc1cc(F)cc(F)c1)[C@H](O)CNC1(c2cccc(N3CCNC3=O)c2)CCCCC1. The van der Waals surface area contributed by atoms with Crippen molar-refractivity contribution in [2.75, 3.05) is 24.5 Å². The number of hydrogen-bond donors (Lipinski definition) is 4. The molecule has 2 aromatic rings. The summed E-state index contributed by atoms with van der Waals surface area (Å²) in [6, 6.07) is 10.3. The molecule has 3 amide bonds. The zero-order valence-corrected chi connectivity index (χ0v) is 20.5. The molecule has 1 aliphatic carbocycles. The fourth-order valence-electron chi connectivity index (χ4n) is 5.38. The molecule has 2 atom stereocenters. The van der Waals surface area contributed by atoms with Crippen molar-refractivity contribution in [3.8, 4) is 0 Å². The van der Waals surface area contributed by atoms with Crippen molar-refractivity contribution < 1.29 is 23.5 Å². The molecule has 9 heteroatoms. The van der Waals surface area contributed by atoms with Crippen molar-refractivity contribution >= 4 is 17.6 Å². The number of nitrogens with one attached hydrogen (secondary N) is 3. The molecule has 0 bridgehead atoms. The molecule has 7 nitrogen and oxygen atoms in total. The van der Waals surface area contributed by atoms with Crippen molar-refractivity contribution in [1.29, 1.82) is 0 Å². The Morgan fingerprint density at radius 1 is 1.14 bits per heavy atom. The van der Waals surface area contributed by atoms with E-state index in [-0.39, 0.29) is 24.9 Å². The Morgan fingerprint density at radius 3 is 2.50 bits per heavy atom. The second-order valence-corrected chi connectivity index (χ2v) is 9.81. The van der Waals surface area contributed by atoms with E-state index >= 15 is 0 Å². The first-order valence-electron chi connectivity index (χ1n) is 12.6. The molecule has 2 fully saturated rings. The number of rotatable bonds is 9. The highest BCUT2D eigenvalue weighted by atomic mass is 19.1. The van der Waals surface area contributed by atoms with Gasteiger partial charge in [-0.3, -0.25) is 9.69 Å². The Labute approximate surface area is 210 Å². The fraction of sp³-hybridized carbons (Fsp3) is 0.481. The maximum absolute atomic E-state index is 13.7. The smallest absolute Gasteiger partial charge is 0.321 e. The van der Waals surface area contributed by atoms with Crippen LogP contribution >= 0.6 is 0 Å². The van der Waals surface area contributed by atoms with Gasteiger partial charge in [0, 0.05) is 43.9 Å². The Kier molecular flexibility index (Phi) is 8.21. The maximum atomic E-state index is 13.7. The molecule has 0 unspecified atom stereocenters.